The van der Waals surface area contributed by atoms with Crippen molar-refractivity contribution in [3.8, 4) is 0 Å². The first kappa shape index (κ1) is 28.9. The van der Waals surface area contributed by atoms with Crippen LogP contribution in [0.2, 0.25) is 0 Å². The molecular formula is C30H45N3O6. The monoisotopic (exact) mass is 547 g/mol. The molecule has 0 unspecified atom stereocenters. The molecule has 2 rings (SSSR count). The highest BCUT2D eigenvalue weighted by Gasteiger charge is 2.27. The molecule has 0 fully saturated rings. The molecule has 2 aromatic carbocycles. The molecule has 0 aliphatic carbocycles. The maximum Gasteiger partial charge on any atom is 0.407 e. The Bertz CT molecular complexity index is 1020. The summed E-state index contributed by atoms with van der Waals surface area (Å²) < 4.78 is 28.0. The Morgan fingerprint density at radius 2 is 1.05 bits per heavy atom. The summed E-state index contributed by atoms with van der Waals surface area (Å²) in [4.78, 5) is 25.1. The van der Waals surface area contributed by atoms with Crippen LogP contribution < -0.4 is 16.0 Å². The first-order valence-electron chi connectivity index (χ1n) is 14.1. The third-order valence-electron chi connectivity index (χ3n) is 5.36. The summed E-state index contributed by atoms with van der Waals surface area (Å²) >= 11 is 0. The summed E-state index contributed by atoms with van der Waals surface area (Å²) in [5.74, 6) is 0. The number of benzene rings is 2. The summed E-state index contributed by atoms with van der Waals surface area (Å²) in [6, 6.07) is 16.0. The molecule has 0 spiro atoms. The largest absolute Gasteiger partial charge is 0.444 e. The summed E-state index contributed by atoms with van der Waals surface area (Å²) in [5.41, 5.74) is -0.00584. The lowest BCUT2D eigenvalue weighted by Crippen LogP contribution is -2.53. The second-order valence-electron chi connectivity index (χ2n) is 11.4. The molecule has 0 saturated heterocycles. The van der Waals surface area contributed by atoms with Gasteiger partial charge in [-0.25, -0.2) is 9.59 Å². The molecule has 0 saturated carbocycles. The van der Waals surface area contributed by atoms with Crippen molar-refractivity contribution in [3.63, 3.8) is 0 Å². The maximum atomic E-state index is 12.5. The second kappa shape index (κ2) is 14.9. The van der Waals surface area contributed by atoms with E-state index in [0.29, 0.717) is 0 Å². The number of amides is 2. The Labute approximate surface area is 235 Å². The first-order valence-corrected chi connectivity index (χ1v) is 13.1. The maximum absolute atomic E-state index is 12.5. The molecule has 2 amide bonds. The minimum Gasteiger partial charge on any atom is -0.444 e. The van der Waals surface area contributed by atoms with Crippen LogP contribution in [0.3, 0.4) is 0 Å². The van der Waals surface area contributed by atoms with Crippen LogP contribution in [0.15, 0.2) is 60.7 Å². The van der Waals surface area contributed by atoms with E-state index in [1.54, 1.807) is 41.5 Å². The first-order chi connectivity index (χ1) is 18.9. The predicted molar refractivity (Wildman–Crippen MR) is 151 cm³/mol. The minimum atomic E-state index is -2.25. The molecule has 0 aliphatic heterocycles. The topological polar surface area (TPSA) is 129 Å². The van der Waals surface area contributed by atoms with Crippen LogP contribution in [-0.4, -0.2) is 70.9 Å². The Hall–Kier alpha value is -3.14. The number of hydrogen-bond donors (Lipinski definition) is 5. The molecule has 0 aromatic heterocycles. The van der Waals surface area contributed by atoms with Gasteiger partial charge in [0.25, 0.3) is 0 Å². The lowest BCUT2D eigenvalue weighted by Gasteiger charge is -2.29. The third kappa shape index (κ3) is 13.5. The van der Waals surface area contributed by atoms with Gasteiger partial charge < -0.3 is 35.6 Å². The van der Waals surface area contributed by atoms with Crippen molar-refractivity contribution in [2.75, 3.05) is 13.1 Å². The van der Waals surface area contributed by atoms with Crippen molar-refractivity contribution in [1.29, 1.82) is 0 Å². The van der Waals surface area contributed by atoms with E-state index < -0.39 is 60.7 Å². The Balaban J connectivity index is 2.16. The average Bonchev–Trinajstić information content (AvgIpc) is 2.82. The van der Waals surface area contributed by atoms with E-state index in [1.165, 1.54) is 0 Å². The molecule has 9 nitrogen and oxygen atoms in total. The highest BCUT2D eigenvalue weighted by Crippen LogP contribution is 2.12. The zero-order chi connectivity index (χ0) is 30.9. The zero-order valence-electron chi connectivity index (χ0n) is 25.8. The number of rotatable bonds is 12. The molecular weight excluding hydrogens is 498 g/mol. The minimum absolute atomic E-state index is 0.129. The standard InChI is InChI=1S/C30H45N3O6/c1-29(2,3)38-27(36)32-23(17-21-13-9-7-10-14-21)25(34)19-31-20-26(35)24(18-22-15-11-8-12-16-22)33-28(37)39-30(4,5)6/h7-16,23-26,31,34-35H,17-20H2,1-6H3,(H,32,36)(H,33,37)/t23-,24-,25+,26+/m0/s1/i25T,26T. The molecule has 9 heteroatoms. The predicted octanol–water partition coefficient (Wildman–Crippen LogP) is 3.57. The van der Waals surface area contributed by atoms with E-state index in [9.17, 15) is 19.8 Å². The molecule has 0 bridgehead atoms. The van der Waals surface area contributed by atoms with Crippen LogP contribution >= 0.6 is 0 Å². The van der Waals surface area contributed by atoms with Gasteiger partial charge in [-0.2, -0.15) is 0 Å². The number of carbonyl (C=O) groups is 2. The fraction of sp³-hybridized carbons (Fsp3) is 0.533. The van der Waals surface area contributed by atoms with Crippen molar-refractivity contribution in [2.45, 2.75) is 89.8 Å². The molecule has 216 valence electrons. The lowest BCUT2D eigenvalue weighted by atomic mass is 10.00. The summed E-state index contributed by atoms with van der Waals surface area (Å²) in [6.07, 6.45) is -5.82. The van der Waals surface area contributed by atoms with Gasteiger partial charge in [-0.15, -0.1) is 0 Å². The molecule has 5 N–H and O–H groups in total. The van der Waals surface area contributed by atoms with Crippen LogP contribution in [0, 0.1) is 0 Å². The molecule has 0 heterocycles. The second-order valence-corrected chi connectivity index (χ2v) is 11.4. The quantitative estimate of drug-likeness (QED) is 0.275. The van der Waals surface area contributed by atoms with Crippen molar-refractivity contribution >= 4 is 12.2 Å². The van der Waals surface area contributed by atoms with Crippen molar-refractivity contribution < 1.29 is 32.0 Å². The third-order valence-corrected chi connectivity index (χ3v) is 5.36. The molecule has 39 heavy (non-hydrogen) atoms. The number of aliphatic hydroxyl groups is 2. The van der Waals surface area contributed by atoms with Gasteiger partial charge in [-0.1, -0.05) is 60.7 Å². The van der Waals surface area contributed by atoms with E-state index in [-0.39, 0.29) is 12.8 Å². The molecule has 4 atom stereocenters. The molecule has 0 radical (unpaired) electrons. The van der Waals surface area contributed by atoms with Crippen LogP contribution in [0.4, 0.5) is 9.59 Å². The van der Waals surface area contributed by atoms with E-state index >= 15 is 0 Å². The van der Waals surface area contributed by atoms with E-state index in [4.69, 9.17) is 12.2 Å². The van der Waals surface area contributed by atoms with Gasteiger partial charge in [0.2, 0.25) is 0 Å². The lowest BCUT2D eigenvalue weighted by molar-refractivity contribution is 0.0399. The highest BCUT2D eigenvalue weighted by molar-refractivity contribution is 5.68. The highest BCUT2D eigenvalue weighted by atomic mass is 16.6. The summed E-state index contributed by atoms with van der Waals surface area (Å²) in [5, 5.41) is 30.2. The zero-order valence-corrected chi connectivity index (χ0v) is 23.8. The summed E-state index contributed by atoms with van der Waals surface area (Å²) in [6.45, 7) is 9.43. The Kier molecular flexibility index (Phi) is 11.0. The van der Waals surface area contributed by atoms with Crippen LogP contribution in [0.5, 0.6) is 0 Å². The van der Waals surface area contributed by atoms with Gasteiger partial charge in [0.15, 0.2) is 0 Å². The summed E-state index contributed by atoms with van der Waals surface area (Å²) in [7, 11) is 0. The van der Waals surface area contributed by atoms with Crippen molar-refractivity contribution in [1.82, 2.24) is 16.0 Å². The van der Waals surface area contributed by atoms with Crippen molar-refractivity contribution in [3.05, 3.63) is 71.8 Å². The Morgan fingerprint density at radius 3 is 1.36 bits per heavy atom. The van der Waals surface area contributed by atoms with Gasteiger partial charge in [-0.05, 0) is 65.5 Å². The molecule has 0 aliphatic rings. The van der Waals surface area contributed by atoms with Crippen LogP contribution in [0.25, 0.3) is 0 Å². The number of carbonyl (C=O) groups excluding carboxylic acids is 2. The van der Waals surface area contributed by atoms with E-state index in [2.05, 4.69) is 16.0 Å². The van der Waals surface area contributed by atoms with Gasteiger partial charge in [0, 0.05) is 13.1 Å². The van der Waals surface area contributed by atoms with Crippen molar-refractivity contribution in [2.24, 2.45) is 0 Å². The number of alkyl carbamates (subject to hydrolysis) is 2. The van der Waals surface area contributed by atoms with Gasteiger partial charge >= 0.3 is 12.2 Å². The smallest absolute Gasteiger partial charge is 0.407 e. The van der Waals surface area contributed by atoms with Crippen LogP contribution in [-0.2, 0) is 22.3 Å². The fourth-order valence-electron chi connectivity index (χ4n) is 3.67. The van der Waals surface area contributed by atoms with E-state index in [1.807, 2.05) is 60.7 Å². The normalized spacial score (nSPS) is 17.3. The van der Waals surface area contributed by atoms with Crippen LogP contribution in [0.1, 0.15) is 55.4 Å². The fourth-order valence-corrected chi connectivity index (χ4v) is 3.67. The number of ether oxygens (including phenoxy) is 2. The average molecular weight is 548 g/mol. The van der Waals surface area contributed by atoms with Gasteiger partial charge in [-0.3, -0.25) is 0 Å². The van der Waals surface area contributed by atoms with E-state index in [0.717, 1.165) is 11.1 Å². The van der Waals surface area contributed by atoms with Gasteiger partial charge in [0.1, 0.15) is 11.2 Å². The van der Waals surface area contributed by atoms with Gasteiger partial charge in [0.05, 0.1) is 27.0 Å². The SMILES string of the molecule is [3H][C@@](O)(CNC[C@@]([3H])(O)[C@H](Cc1ccccc1)NC(=O)OC(C)(C)C)[C@H](Cc1ccccc1)NC(=O)OC(C)(C)C. The number of nitrogens with one attached hydrogen (secondary N) is 3. The molecule has 2 aromatic rings. The number of hydrogen-bond acceptors (Lipinski definition) is 7. The Morgan fingerprint density at radius 1 is 0.718 bits per heavy atom.